The molecule has 0 bridgehead atoms. The number of benzene rings is 1. The molecule has 2 amide bonds. The van der Waals surface area contributed by atoms with Crippen LogP contribution in [0.2, 0.25) is 0 Å². The average Bonchev–Trinajstić information content (AvgIpc) is 2.36. The number of amides is 2. The lowest BCUT2D eigenvalue weighted by molar-refractivity contribution is -0.125. The second-order valence-corrected chi connectivity index (χ2v) is 4.93. The van der Waals surface area contributed by atoms with Crippen molar-refractivity contribution >= 4 is 27.7 Å². The molecule has 1 atom stereocenters. The Bertz CT molecular complexity index is 451. The van der Waals surface area contributed by atoms with Crippen LogP contribution < -0.4 is 15.4 Å². The van der Waals surface area contributed by atoms with Gasteiger partial charge in [0, 0.05) is 6.92 Å². The van der Waals surface area contributed by atoms with Gasteiger partial charge in [0.2, 0.25) is 11.8 Å². The third-order valence-corrected chi connectivity index (χ3v) is 2.90. The Morgan fingerprint density at radius 3 is 2.63 bits per heavy atom. The predicted octanol–water partition coefficient (Wildman–Crippen LogP) is 1.47. The number of carbonyl (C=O) groups excluding carboxylic acids is 2. The molecule has 5 nitrogen and oxygen atoms in total. The van der Waals surface area contributed by atoms with Crippen LogP contribution in [0.5, 0.6) is 5.75 Å². The standard InChI is InChI=1S/C13H17BrN2O3/c1-9(7-16-13(18)8-15-10(2)17)19-12-6-4-3-5-11(12)14/h3-6,9H,7-8H2,1-2H3,(H,15,17)(H,16,18)/t9-/m1/s1. The summed E-state index contributed by atoms with van der Waals surface area (Å²) in [5.74, 6) is 0.261. The summed E-state index contributed by atoms with van der Waals surface area (Å²) in [6.07, 6.45) is -0.167. The highest BCUT2D eigenvalue weighted by molar-refractivity contribution is 9.10. The molecule has 0 heterocycles. The van der Waals surface area contributed by atoms with Gasteiger partial charge in [-0.1, -0.05) is 12.1 Å². The van der Waals surface area contributed by atoms with Gasteiger partial charge in [0.1, 0.15) is 11.9 Å². The van der Waals surface area contributed by atoms with Crippen LogP contribution in [0.15, 0.2) is 28.7 Å². The van der Waals surface area contributed by atoms with Crippen molar-refractivity contribution < 1.29 is 14.3 Å². The first-order valence-electron chi connectivity index (χ1n) is 5.91. The molecule has 0 saturated heterocycles. The van der Waals surface area contributed by atoms with E-state index in [4.69, 9.17) is 4.74 Å². The van der Waals surface area contributed by atoms with Crippen LogP contribution in [0.1, 0.15) is 13.8 Å². The molecule has 2 N–H and O–H groups in total. The zero-order chi connectivity index (χ0) is 14.3. The number of para-hydroxylation sites is 1. The Hall–Kier alpha value is -1.56. The van der Waals surface area contributed by atoms with Gasteiger partial charge in [-0.15, -0.1) is 0 Å². The molecular weight excluding hydrogens is 312 g/mol. The largest absolute Gasteiger partial charge is 0.488 e. The second kappa shape index (κ2) is 7.78. The third kappa shape index (κ3) is 6.24. The topological polar surface area (TPSA) is 67.4 Å². The Labute approximate surface area is 120 Å². The Morgan fingerprint density at radius 1 is 1.32 bits per heavy atom. The molecule has 1 aromatic carbocycles. The van der Waals surface area contributed by atoms with Crippen molar-refractivity contribution in [3.63, 3.8) is 0 Å². The van der Waals surface area contributed by atoms with Gasteiger partial charge in [0.05, 0.1) is 17.6 Å². The minimum absolute atomic E-state index is 0.0168. The molecule has 0 aliphatic rings. The maximum atomic E-state index is 11.4. The molecule has 0 saturated carbocycles. The highest BCUT2D eigenvalue weighted by atomic mass is 79.9. The average molecular weight is 329 g/mol. The Kier molecular flexibility index (Phi) is 6.35. The van der Waals surface area contributed by atoms with Crippen LogP contribution in [0.25, 0.3) is 0 Å². The first-order valence-corrected chi connectivity index (χ1v) is 6.70. The van der Waals surface area contributed by atoms with Crippen LogP contribution >= 0.6 is 15.9 Å². The van der Waals surface area contributed by atoms with E-state index >= 15 is 0 Å². The van der Waals surface area contributed by atoms with Crippen molar-refractivity contribution in [3.8, 4) is 5.75 Å². The van der Waals surface area contributed by atoms with Crippen molar-refractivity contribution in [1.82, 2.24) is 10.6 Å². The molecule has 0 radical (unpaired) electrons. The number of hydrogen-bond donors (Lipinski definition) is 2. The Balaban J connectivity index is 2.32. The van der Waals surface area contributed by atoms with Crippen LogP contribution in [0.4, 0.5) is 0 Å². The quantitative estimate of drug-likeness (QED) is 0.831. The fourth-order valence-electron chi connectivity index (χ4n) is 1.32. The number of nitrogens with one attached hydrogen (secondary N) is 2. The fraction of sp³-hybridized carbons (Fsp3) is 0.385. The first-order chi connectivity index (χ1) is 8.99. The molecule has 0 fully saturated rings. The van der Waals surface area contributed by atoms with Crippen molar-refractivity contribution in [2.24, 2.45) is 0 Å². The fourth-order valence-corrected chi connectivity index (χ4v) is 1.70. The van der Waals surface area contributed by atoms with Gasteiger partial charge in [-0.2, -0.15) is 0 Å². The van der Waals surface area contributed by atoms with E-state index in [1.165, 1.54) is 6.92 Å². The molecule has 0 spiro atoms. The van der Waals surface area contributed by atoms with Gasteiger partial charge >= 0.3 is 0 Å². The third-order valence-electron chi connectivity index (χ3n) is 2.25. The van der Waals surface area contributed by atoms with Crippen molar-refractivity contribution in [3.05, 3.63) is 28.7 Å². The first kappa shape index (κ1) is 15.5. The van der Waals surface area contributed by atoms with Crippen LogP contribution in [-0.4, -0.2) is 31.0 Å². The summed E-state index contributed by atoms with van der Waals surface area (Å²) in [4.78, 5) is 22.0. The van der Waals surface area contributed by atoms with E-state index < -0.39 is 0 Å². The van der Waals surface area contributed by atoms with Gasteiger partial charge < -0.3 is 15.4 Å². The van der Waals surface area contributed by atoms with Gasteiger partial charge in [-0.05, 0) is 35.0 Å². The molecule has 0 aromatic heterocycles. The van der Waals surface area contributed by atoms with E-state index in [9.17, 15) is 9.59 Å². The molecule has 104 valence electrons. The molecular formula is C13H17BrN2O3. The van der Waals surface area contributed by atoms with E-state index in [1.807, 2.05) is 31.2 Å². The molecule has 1 aromatic rings. The molecule has 0 aliphatic carbocycles. The summed E-state index contributed by atoms with van der Waals surface area (Å²) in [5, 5.41) is 5.11. The van der Waals surface area contributed by atoms with Crippen molar-refractivity contribution in [1.29, 1.82) is 0 Å². The monoisotopic (exact) mass is 328 g/mol. The number of carbonyl (C=O) groups is 2. The van der Waals surface area contributed by atoms with Crippen molar-refractivity contribution in [2.75, 3.05) is 13.1 Å². The summed E-state index contributed by atoms with van der Waals surface area (Å²) in [5.41, 5.74) is 0. The molecule has 0 unspecified atom stereocenters. The smallest absolute Gasteiger partial charge is 0.239 e. The van der Waals surface area contributed by atoms with E-state index in [1.54, 1.807) is 0 Å². The molecule has 6 heteroatoms. The SMILES string of the molecule is CC(=O)NCC(=O)NC[C@@H](C)Oc1ccccc1Br. The van der Waals surface area contributed by atoms with E-state index in [0.717, 1.165) is 10.2 Å². The van der Waals surface area contributed by atoms with E-state index in [2.05, 4.69) is 26.6 Å². The minimum Gasteiger partial charge on any atom is -0.488 e. The molecule has 19 heavy (non-hydrogen) atoms. The normalized spacial score (nSPS) is 11.5. The lowest BCUT2D eigenvalue weighted by atomic mass is 10.3. The lowest BCUT2D eigenvalue weighted by Crippen LogP contribution is -2.40. The zero-order valence-corrected chi connectivity index (χ0v) is 12.5. The number of rotatable bonds is 6. The maximum Gasteiger partial charge on any atom is 0.239 e. The Morgan fingerprint density at radius 2 is 2.00 bits per heavy atom. The van der Waals surface area contributed by atoms with E-state index in [0.29, 0.717) is 6.54 Å². The van der Waals surface area contributed by atoms with Crippen LogP contribution in [-0.2, 0) is 9.59 Å². The van der Waals surface area contributed by atoms with Gasteiger partial charge in [0.15, 0.2) is 0 Å². The summed E-state index contributed by atoms with van der Waals surface area (Å²) < 4.78 is 6.54. The van der Waals surface area contributed by atoms with Crippen LogP contribution in [0, 0.1) is 0 Å². The predicted molar refractivity (Wildman–Crippen MR) is 75.9 cm³/mol. The van der Waals surface area contributed by atoms with Gasteiger partial charge in [0.25, 0.3) is 0 Å². The minimum atomic E-state index is -0.238. The van der Waals surface area contributed by atoms with Gasteiger partial charge in [-0.25, -0.2) is 0 Å². The van der Waals surface area contributed by atoms with Crippen LogP contribution in [0.3, 0.4) is 0 Å². The maximum absolute atomic E-state index is 11.4. The number of ether oxygens (including phenoxy) is 1. The van der Waals surface area contributed by atoms with Crippen molar-refractivity contribution in [2.45, 2.75) is 20.0 Å². The summed E-state index contributed by atoms with van der Waals surface area (Å²) in [6, 6.07) is 7.51. The molecule has 1 rings (SSSR count). The van der Waals surface area contributed by atoms with E-state index in [-0.39, 0.29) is 24.5 Å². The highest BCUT2D eigenvalue weighted by Gasteiger charge is 2.08. The second-order valence-electron chi connectivity index (χ2n) is 4.07. The summed E-state index contributed by atoms with van der Waals surface area (Å²) >= 11 is 3.39. The van der Waals surface area contributed by atoms with Gasteiger partial charge in [-0.3, -0.25) is 9.59 Å². The molecule has 0 aliphatic heterocycles. The summed E-state index contributed by atoms with van der Waals surface area (Å²) in [7, 11) is 0. The zero-order valence-electron chi connectivity index (χ0n) is 10.9. The highest BCUT2D eigenvalue weighted by Crippen LogP contribution is 2.24. The number of hydrogen-bond acceptors (Lipinski definition) is 3. The lowest BCUT2D eigenvalue weighted by Gasteiger charge is -2.16. The summed E-state index contributed by atoms with van der Waals surface area (Å²) in [6.45, 7) is 3.58. The number of halogens is 1.